The van der Waals surface area contributed by atoms with Crippen molar-refractivity contribution in [3.05, 3.63) is 51.9 Å². The molecular formula is C25H29N3O2S. The zero-order valence-corrected chi connectivity index (χ0v) is 19.0. The summed E-state index contributed by atoms with van der Waals surface area (Å²) in [5, 5.41) is 2.67. The SMILES string of the molecule is Cc1ccc(-c2csc3ncn(CCC(=O)N4C(C)CC5CCCCC54)c(=O)c23)cc1. The van der Waals surface area contributed by atoms with Crippen LogP contribution in [0.15, 0.2) is 40.8 Å². The molecule has 5 rings (SSSR count). The molecule has 1 saturated heterocycles. The Morgan fingerprint density at radius 3 is 2.77 bits per heavy atom. The number of aryl methyl sites for hydroxylation is 2. The van der Waals surface area contributed by atoms with E-state index in [0.717, 1.165) is 28.8 Å². The molecule has 5 nitrogen and oxygen atoms in total. The fourth-order valence-corrected chi connectivity index (χ4v) is 6.46. The molecule has 6 heteroatoms. The molecule has 3 aromatic rings. The third-order valence-corrected chi connectivity index (χ3v) is 8.01. The van der Waals surface area contributed by atoms with Crippen molar-refractivity contribution in [3.8, 4) is 11.1 Å². The quantitative estimate of drug-likeness (QED) is 0.579. The molecule has 3 heterocycles. The highest BCUT2D eigenvalue weighted by Gasteiger charge is 2.42. The Morgan fingerprint density at radius 1 is 1.19 bits per heavy atom. The van der Waals surface area contributed by atoms with Crippen molar-refractivity contribution in [2.24, 2.45) is 5.92 Å². The molecule has 0 N–H and O–H groups in total. The molecule has 3 atom stereocenters. The summed E-state index contributed by atoms with van der Waals surface area (Å²) in [7, 11) is 0. The number of carbonyl (C=O) groups is 1. The molecule has 2 fully saturated rings. The molecule has 1 amide bonds. The van der Waals surface area contributed by atoms with E-state index in [1.165, 1.54) is 36.2 Å². The first-order chi connectivity index (χ1) is 15.0. The second kappa shape index (κ2) is 8.23. The van der Waals surface area contributed by atoms with Crippen LogP contribution in [0.25, 0.3) is 21.3 Å². The number of fused-ring (bicyclic) bond motifs is 2. The monoisotopic (exact) mass is 435 g/mol. The van der Waals surface area contributed by atoms with Gasteiger partial charge in [-0.3, -0.25) is 14.2 Å². The largest absolute Gasteiger partial charge is 0.337 e. The summed E-state index contributed by atoms with van der Waals surface area (Å²) in [4.78, 5) is 33.8. The van der Waals surface area contributed by atoms with Gasteiger partial charge in [0.15, 0.2) is 0 Å². The second-order valence-electron chi connectivity index (χ2n) is 9.19. The summed E-state index contributed by atoms with van der Waals surface area (Å²) < 4.78 is 1.61. The van der Waals surface area contributed by atoms with Crippen LogP contribution >= 0.6 is 11.3 Å². The second-order valence-corrected chi connectivity index (χ2v) is 10.0. The summed E-state index contributed by atoms with van der Waals surface area (Å²) in [6.07, 6.45) is 7.97. The molecule has 2 aliphatic rings. The van der Waals surface area contributed by atoms with E-state index in [-0.39, 0.29) is 11.5 Å². The van der Waals surface area contributed by atoms with Crippen molar-refractivity contribution in [2.45, 2.75) is 71.0 Å². The van der Waals surface area contributed by atoms with Gasteiger partial charge in [-0.05, 0) is 44.6 Å². The highest BCUT2D eigenvalue weighted by Crippen LogP contribution is 2.39. The highest BCUT2D eigenvalue weighted by atomic mass is 32.1. The van der Waals surface area contributed by atoms with Crippen LogP contribution in [-0.2, 0) is 11.3 Å². The van der Waals surface area contributed by atoms with Crippen molar-refractivity contribution in [1.29, 1.82) is 0 Å². The van der Waals surface area contributed by atoms with Gasteiger partial charge in [-0.1, -0.05) is 42.7 Å². The van der Waals surface area contributed by atoms with E-state index in [1.807, 2.05) is 17.5 Å². The van der Waals surface area contributed by atoms with Crippen LogP contribution in [0.3, 0.4) is 0 Å². The van der Waals surface area contributed by atoms with Crippen LogP contribution in [0.2, 0.25) is 0 Å². The number of thiophene rings is 1. The zero-order chi connectivity index (χ0) is 21.5. The first-order valence-electron chi connectivity index (χ1n) is 11.4. The van der Waals surface area contributed by atoms with Crippen molar-refractivity contribution in [1.82, 2.24) is 14.5 Å². The standard InChI is InChI=1S/C25H29N3O2S/c1-16-7-9-18(10-8-16)20-14-31-24-23(20)25(30)27(15-26-24)12-11-22(29)28-17(2)13-19-5-3-4-6-21(19)28/h7-10,14-15,17,19,21H,3-6,11-13H2,1-2H3. The number of benzene rings is 1. The van der Waals surface area contributed by atoms with E-state index in [2.05, 4.69) is 35.9 Å². The molecule has 31 heavy (non-hydrogen) atoms. The Balaban J connectivity index is 1.38. The zero-order valence-electron chi connectivity index (χ0n) is 18.2. The first kappa shape index (κ1) is 20.4. The van der Waals surface area contributed by atoms with E-state index in [0.29, 0.717) is 36.4 Å². The van der Waals surface area contributed by atoms with Gasteiger partial charge in [-0.25, -0.2) is 4.98 Å². The average molecular weight is 436 g/mol. The van der Waals surface area contributed by atoms with Gasteiger partial charge in [0.05, 0.1) is 11.7 Å². The van der Waals surface area contributed by atoms with E-state index in [4.69, 9.17) is 0 Å². The van der Waals surface area contributed by atoms with E-state index >= 15 is 0 Å². The van der Waals surface area contributed by atoms with Gasteiger partial charge in [0.1, 0.15) is 4.83 Å². The van der Waals surface area contributed by atoms with Crippen LogP contribution in [0.4, 0.5) is 0 Å². The van der Waals surface area contributed by atoms with Gasteiger partial charge in [-0.15, -0.1) is 11.3 Å². The number of amides is 1. The Bertz CT molecular complexity index is 1160. The molecule has 0 radical (unpaired) electrons. The van der Waals surface area contributed by atoms with Gasteiger partial charge in [0, 0.05) is 36.0 Å². The van der Waals surface area contributed by atoms with Crippen LogP contribution < -0.4 is 5.56 Å². The summed E-state index contributed by atoms with van der Waals surface area (Å²) in [5.41, 5.74) is 3.09. The third kappa shape index (κ3) is 3.71. The van der Waals surface area contributed by atoms with Gasteiger partial charge in [0.25, 0.3) is 5.56 Å². The topological polar surface area (TPSA) is 55.2 Å². The van der Waals surface area contributed by atoms with Crippen LogP contribution in [0.1, 0.15) is 51.0 Å². The minimum Gasteiger partial charge on any atom is -0.337 e. The number of hydrogen-bond donors (Lipinski definition) is 0. The van der Waals surface area contributed by atoms with Gasteiger partial charge < -0.3 is 4.90 Å². The molecule has 1 aliphatic carbocycles. The molecule has 1 aromatic carbocycles. The predicted molar refractivity (Wildman–Crippen MR) is 125 cm³/mol. The smallest absolute Gasteiger partial charge is 0.262 e. The van der Waals surface area contributed by atoms with Gasteiger partial charge >= 0.3 is 0 Å². The molecule has 1 aliphatic heterocycles. The Kier molecular flexibility index (Phi) is 5.42. The molecule has 0 spiro atoms. The number of aromatic nitrogens is 2. The van der Waals surface area contributed by atoms with Crippen molar-refractivity contribution >= 4 is 27.5 Å². The Hall–Kier alpha value is -2.47. The highest BCUT2D eigenvalue weighted by molar-refractivity contribution is 7.17. The Morgan fingerprint density at radius 2 is 1.97 bits per heavy atom. The molecule has 162 valence electrons. The van der Waals surface area contributed by atoms with Crippen LogP contribution in [-0.4, -0.2) is 32.4 Å². The normalized spacial score (nSPS) is 23.3. The maximum absolute atomic E-state index is 13.3. The van der Waals surface area contributed by atoms with E-state index in [9.17, 15) is 9.59 Å². The van der Waals surface area contributed by atoms with Crippen LogP contribution in [0, 0.1) is 12.8 Å². The number of hydrogen-bond acceptors (Lipinski definition) is 4. The summed E-state index contributed by atoms with van der Waals surface area (Å²) in [5.74, 6) is 0.842. The lowest BCUT2D eigenvalue weighted by Gasteiger charge is -2.33. The lowest BCUT2D eigenvalue weighted by molar-refractivity contribution is -0.134. The minimum atomic E-state index is -0.0559. The van der Waals surface area contributed by atoms with E-state index < -0.39 is 0 Å². The summed E-state index contributed by atoms with van der Waals surface area (Å²) in [6, 6.07) is 8.92. The van der Waals surface area contributed by atoms with Crippen molar-refractivity contribution < 1.29 is 4.79 Å². The van der Waals surface area contributed by atoms with E-state index in [1.54, 1.807) is 10.9 Å². The fraction of sp³-hybridized carbons (Fsp3) is 0.480. The fourth-order valence-electron chi connectivity index (χ4n) is 5.56. The maximum atomic E-state index is 13.3. The number of likely N-dealkylation sites (tertiary alicyclic amines) is 1. The minimum absolute atomic E-state index is 0.0559. The molecular weight excluding hydrogens is 406 g/mol. The predicted octanol–water partition coefficient (Wildman–Crippen LogP) is 5.00. The van der Waals surface area contributed by atoms with Gasteiger partial charge in [-0.2, -0.15) is 0 Å². The Labute approximate surface area is 186 Å². The lowest BCUT2D eigenvalue weighted by Crippen LogP contribution is -2.42. The van der Waals surface area contributed by atoms with Gasteiger partial charge in [0.2, 0.25) is 5.91 Å². The number of nitrogens with zero attached hydrogens (tertiary/aromatic N) is 3. The molecule has 1 saturated carbocycles. The molecule has 0 bridgehead atoms. The van der Waals surface area contributed by atoms with Crippen molar-refractivity contribution in [2.75, 3.05) is 0 Å². The third-order valence-electron chi connectivity index (χ3n) is 7.12. The molecule has 3 unspecified atom stereocenters. The number of carbonyl (C=O) groups excluding carboxylic acids is 1. The first-order valence-corrected chi connectivity index (χ1v) is 12.3. The summed E-state index contributed by atoms with van der Waals surface area (Å²) >= 11 is 1.49. The number of rotatable bonds is 4. The lowest BCUT2D eigenvalue weighted by atomic mass is 9.85. The molecule has 2 aromatic heterocycles. The van der Waals surface area contributed by atoms with Crippen molar-refractivity contribution in [3.63, 3.8) is 0 Å². The average Bonchev–Trinajstić information content (AvgIpc) is 3.34. The maximum Gasteiger partial charge on any atom is 0.262 e. The summed E-state index contributed by atoms with van der Waals surface area (Å²) in [6.45, 7) is 4.61. The van der Waals surface area contributed by atoms with Crippen LogP contribution in [0.5, 0.6) is 0 Å².